The summed E-state index contributed by atoms with van der Waals surface area (Å²) in [5.41, 5.74) is 0. The Morgan fingerprint density at radius 2 is 2.05 bits per heavy atom. The van der Waals surface area contributed by atoms with Gasteiger partial charge in [-0.05, 0) is 32.4 Å². The van der Waals surface area contributed by atoms with Gasteiger partial charge in [0.15, 0.2) is 0 Å². The first-order valence-electron chi connectivity index (χ1n) is 6.28. The molecule has 1 saturated heterocycles. The Labute approximate surface area is 131 Å². The molecule has 1 aromatic rings. The SMILES string of the molecule is CNCC1CCN(S(=O)(=O)c2ncn(C)c2Cl)CC1.Cl. The number of nitrogens with one attached hydrogen (secondary N) is 1. The van der Waals surface area contributed by atoms with Gasteiger partial charge in [-0.15, -0.1) is 12.4 Å². The van der Waals surface area contributed by atoms with Crippen molar-refractivity contribution in [1.29, 1.82) is 0 Å². The van der Waals surface area contributed by atoms with Gasteiger partial charge in [-0.2, -0.15) is 4.31 Å². The number of hydrogen-bond acceptors (Lipinski definition) is 4. The van der Waals surface area contributed by atoms with Crippen molar-refractivity contribution in [3.8, 4) is 0 Å². The summed E-state index contributed by atoms with van der Waals surface area (Å²) >= 11 is 5.98. The topological polar surface area (TPSA) is 67.2 Å². The van der Waals surface area contributed by atoms with Crippen LogP contribution in [0, 0.1) is 5.92 Å². The van der Waals surface area contributed by atoms with Crippen LogP contribution < -0.4 is 5.32 Å². The van der Waals surface area contributed by atoms with Crippen LogP contribution in [0.3, 0.4) is 0 Å². The van der Waals surface area contributed by atoms with E-state index in [1.165, 1.54) is 15.2 Å². The fraction of sp³-hybridized carbons (Fsp3) is 0.727. The van der Waals surface area contributed by atoms with Gasteiger partial charge >= 0.3 is 0 Å². The summed E-state index contributed by atoms with van der Waals surface area (Å²) in [4.78, 5) is 3.91. The van der Waals surface area contributed by atoms with E-state index in [0.717, 1.165) is 19.4 Å². The molecule has 1 aliphatic rings. The second-order valence-electron chi connectivity index (χ2n) is 4.86. The first-order chi connectivity index (χ1) is 8.96. The van der Waals surface area contributed by atoms with E-state index in [-0.39, 0.29) is 22.6 Å². The quantitative estimate of drug-likeness (QED) is 0.890. The second kappa shape index (κ2) is 7.09. The molecule has 2 rings (SSSR count). The Bertz CT molecular complexity index is 539. The third kappa shape index (κ3) is 3.46. The van der Waals surface area contributed by atoms with Gasteiger partial charge in [0.1, 0.15) is 5.15 Å². The zero-order valence-electron chi connectivity index (χ0n) is 11.5. The van der Waals surface area contributed by atoms with Crippen LogP contribution in [0.5, 0.6) is 0 Å². The number of imidazole rings is 1. The molecule has 0 bridgehead atoms. The third-order valence-corrected chi connectivity index (χ3v) is 5.87. The predicted octanol–water partition coefficient (Wildman–Crippen LogP) is 1.12. The molecule has 1 N–H and O–H groups in total. The van der Waals surface area contributed by atoms with Gasteiger partial charge in [0.25, 0.3) is 10.0 Å². The Kier molecular flexibility index (Phi) is 6.27. The minimum Gasteiger partial charge on any atom is -0.324 e. The predicted molar refractivity (Wildman–Crippen MR) is 80.9 cm³/mol. The lowest BCUT2D eigenvalue weighted by molar-refractivity contribution is 0.270. The zero-order chi connectivity index (χ0) is 14.0. The van der Waals surface area contributed by atoms with Crippen molar-refractivity contribution < 1.29 is 8.42 Å². The number of piperidine rings is 1. The number of aromatic nitrogens is 2. The van der Waals surface area contributed by atoms with Crippen LogP contribution in [0.15, 0.2) is 11.4 Å². The summed E-state index contributed by atoms with van der Waals surface area (Å²) in [5.74, 6) is 0.538. The largest absolute Gasteiger partial charge is 0.324 e. The maximum atomic E-state index is 12.4. The van der Waals surface area contributed by atoms with Crippen molar-refractivity contribution in [2.75, 3.05) is 26.7 Å². The lowest BCUT2D eigenvalue weighted by Gasteiger charge is -2.30. The van der Waals surface area contributed by atoms with E-state index in [0.29, 0.717) is 19.0 Å². The summed E-state index contributed by atoms with van der Waals surface area (Å²) in [5, 5.41) is 3.26. The highest BCUT2D eigenvalue weighted by atomic mass is 35.5. The summed E-state index contributed by atoms with van der Waals surface area (Å²) in [6.45, 7) is 1.99. The molecule has 6 nitrogen and oxygen atoms in total. The van der Waals surface area contributed by atoms with Crippen molar-refractivity contribution in [2.45, 2.75) is 17.9 Å². The molecule has 1 fully saturated rings. The highest BCUT2D eigenvalue weighted by Crippen LogP contribution is 2.26. The van der Waals surface area contributed by atoms with Crippen LogP contribution in [0.2, 0.25) is 5.15 Å². The first-order valence-corrected chi connectivity index (χ1v) is 8.10. The van der Waals surface area contributed by atoms with Crippen molar-refractivity contribution in [2.24, 2.45) is 13.0 Å². The van der Waals surface area contributed by atoms with Crippen LogP contribution in [-0.2, 0) is 17.1 Å². The van der Waals surface area contributed by atoms with Gasteiger partial charge in [0.05, 0.1) is 6.33 Å². The molecular weight excluding hydrogens is 323 g/mol. The lowest BCUT2D eigenvalue weighted by Crippen LogP contribution is -2.40. The number of sulfonamides is 1. The van der Waals surface area contributed by atoms with E-state index >= 15 is 0 Å². The number of nitrogens with zero attached hydrogens (tertiary/aromatic N) is 3. The Morgan fingerprint density at radius 3 is 2.50 bits per heavy atom. The molecule has 0 saturated carbocycles. The van der Waals surface area contributed by atoms with E-state index in [4.69, 9.17) is 11.6 Å². The molecule has 1 aromatic heterocycles. The van der Waals surface area contributed by atoms with Crippen molar-refractivity contribution in [3.05, 3.63) is 11.5 Å². The van der Waals surface area contributed by atoms with Crippen LogP contribution in [0.4, 0.5) is 0 Å². The fourth-order valence-corrected chi connectivity index (χ4v) is 4.19. The second-order valence-corrected chi connectivity index (χ2v) is 7.07. The molecule has 2 heterocycles. The van der Waals surface area contributed by atoms with E-state index in [1.807, 2.05) is 7.05 Å². The molecule has 0 radical (unpaired) electrons. The molecule has 0 unspecified atom stereocenters. The molecule has 20 heavy (non-hydrogen) atoms. The first kappa shape index (κ1) is 17.7. The summed E-state index contributed by atoms with van der Waals surface area (Å²) in [7, 11) is 0.0264. The number of halogens is 2. The van der Waals surface area contributed by atoms with Crippen LogP contribution >= 0.6 is 24.0 Å². The van der Waals surface area contributed by atoms with Gasteiger partial charge in [-0.1, -0.05) is 11.6 Å². The number of rotatable bonds is 4. The number of aryl methyl sites for hydroxylation is 1. The van der Waals surface area contributed by atoms with E-state index in [9.17, 15) is 8.42 Å². The van der Waals surface area contributed by atoms with E-state index < -0.39 is 10.0 Å². The van der Waals surface area contributed by atoms with E-state index in [2.05, 4.69) is 10.3 Å². The average molecular weight is 343 g/mol. The molecule has 0 aromatic carbocycles. The Morgan fingerprint density at radius 1 is 1.45 bits per heavy atom. The maximum Gasteiger partial charge on any atom is 0.263 e. The van der Waals surface area contributed by atoms with Gasteiger partial charge in [0.2, 0.25) is 5.03 Å². The Balaban J connectivity index is 0.00000200. The zero-order valence-corrected chi connectivity index (χ0v) is 13.9. The fourth-order valence-electron chi connectivity index (χ4n) is 2.33. The summed E-state index contributed by atoms with van der Waals surface area (Å²) in [6, 6.07) is 0. The van der Waals surface area contributed by atoms with Gasteiger partial charge in [0, 0.05) is 20.1 Å². The van der Waals surface area contributed by atoms with Crippen molar-refractivity contribution in [1.82, 2.24) is 19.2 Å². The molecule has 116 valence electrons. The number of hydrogen-bond donors (Lipinski definition) is 1. The van der Waals surface area contributed by atoms with Crippen LogP contribution in [0.25, 0.3) is 0 Å². The van der Waals surface area contributed by atoms with Crippen molar-refractivity contribution >= 4 is 34.0 Å². The Hall–Kier alpha value is -0.340. The van der Waals surface area contributed by atoms with Crippen LogP contribution in [0.1, 0.15) is 12.8 Å². The smallest absolute Gasteiger partial charge is 0.263 e. The molecule has 9 heteroatoms. The molecule has 0 spiro atoms. The average Bonchev–Trinajstić information content (AvgIpc) is 2.72. The van der Waals surface area contributed by atoms with Gasteiger partial charge in [-0.3, -0.25) is 0 Å². The maximum absolute atomic E-state index is 12.4. The lowest BCUT2D eigenvalue weighted by atomic mass is 9.98. The highest BCUT2D eigenvalue weighted by molar-refractivity contribution is 7.89. The summed E-state index contributed by atoms with van der Waals surface area (Å²) < 4.78 is 27.9. The minimum absolute atomic E-state index is 0. The standard InChI is InChI=1S/C11H19ClN4O2S.ClH/c1-13-7-9-3-5-16(6-4-9)19(17,18)11-10(12)15(2)8-14-11;/h8-9,13H,3-7H2,1-2H3;1H. The monoisotopic (exact) mass is 342 g/mol. The van der Waals surface area contributed by atoms with Gasteiger partial charge < -0.3 is 9.88 Å². The molecule has 0 atom stereocenters. The third-order valence-electron chi connectivity index (χ3n) is 3.48. The molecule has 1 aliphatic heterocycles. The molecule has 0 aliphatic carbocycles. The van der Waals surface area contributed by atoms with Gasteiger partial charge in [-0.25, -0.2) is 13.4 Å². The molecule has 0 amide bonds. The van der Waals surface area contributed by atoms with Crippen LogP contribution in [-0.4, -0.2) is 49.0 Å². The highest BCUT2D eigenvalue weighted by Gasteiger charge is 2.32. The normalized spacial score (nSPS) is 17.9. The van der Waals surface area contributed by atoms with E-state index in [1.54, 1.807) is 7.05 Å². The van der Waals surface area contributed by atoms with Crippen molar-refractivity contribution in [3.63, 3.8) is 0 Å². The minimum atomic E-state index is -3.56. The summed E-state index contributed by atoms with van der Waals surface area (Å²) in [6.07, 6.45) is 3.15. The molecular formula is C11H20Cl2N4O2S.